The number of esters is 1. The normalized spacial score (nSPS) is 11.8. The zero-order valence-corrected chi connectivity index (χ0v) is 10.4. The topological polar surface area (TPSA) is 26.3 Å². The number of rotatable bonds is 8. The fourth-order valence-electron chi connectivity index (χ4n) is 1.23. The van der Waals surface area contributed by atoms with Crippen molar-refractivity contribution >= 4 is 5.97 Å². The van der Waals surface area contributed by atoms with Crippen molar-refractivity contribution in [2.75, 3.05) is 6.61 Å². The number of unbranched alkanes of at least 4 members (excludes halogenated alkanes) is 2. The third-order valence-electron chi connectivity index (χ3n) is 2.12. The van der Waals surface area contributed by atoms with Gasteiger partial charge in [-0.2, -0.15) is 0 Å². The number of hydrogen-bond acceptors (Lipinski definition) is 2. The molecule has 0 aliphatic carbocycles. The van der Waals surface area contributed by atoms with E-state index in [9.17, 15) is 4.79 Å². The van der Waals surface area contributed by atoms with E-state index < -0.39 is 0 Å². The van der Waals surface area contributed by atoms with Crippen molar-refractivity contribution in [3.8, 4) is 0 Å². The van der Waals surface area contributed by atoms with E-state index in [1.165, 1.54) is 6.92 Å². The molecule has 0 aromatic heterocycles. The maximum absolute atomic E-state index is 10.7. The molecule has 0 fully saturated rings. The smallest absolute Gasteiger partial charge is 0.302 e. The maximum atomic E-state index is 10.7. The summed E-state index contributed by atoms with van der Waals surface area (Å²) < 4.78 is 5.00. The second kappa shape index (κ2) is 10.2. The Hall–Kier alpha value is -1.31. The Bertz CT molecular complexity index is 262. The molecule has 0 radical (unpaired) electrons. The van der Waals surface area contributed by atoms with E-state index in [-0.39, 0.29) is 5.97 Å². The SMILES string of the molecule is C=CCCC/C=C(\C/C=C/C)COC(C)=O. The molecular formula is C14H22O2. The van der Waals surface area contributed by atoms with Gasteiger partial charge in [0.15, 0.2) is 0 Å². The molecular weight excluding hydrogens is 200 g/mol. The average Bonchev–Trinajstić information content (AvgIpc) is 2.26. The van der Waals surface area contributed by atoms with Crippen molar-refractivity contribution in [1.82, 2.24) is 0 Å². The van der Waals surface area contributed by atoms with Crippen LogP contribution in [0, 0.1) is 0 Å². The molecule has 2 heteroatoms. The molecule has 0 heterocycles. The number of hydrogen-bond donors (Lipinski definition) is 0. The van der Waals surface area contributed by atoms with E-state index in [1.807, 2.05) is 19.1 Å². The van der Waals surface area contributed by atoms with E-state index >= 15 is 0 Å². The summed E-state index contributed by atoms with van der Waals surface area (Å²) in [5, 5.41) is 0. The molecule has 0 saturated carbocycles. The van der Waals surface area contributed by atoms with Crippen molar-refractivity contribution < 1.29 is 9.53 Å². The Kier molecular flexibility index (Phi) is 9.38. The molecule has 0 aromatic carbocycles. The average molecular weight is 222 g/mol. The van der Waals surface area contributed by atoms with Gasteiger partial charge in [-0.15, -0.1) is 6.58 Å². The van der Waals surface area contributed by atoms with Crippen LogP contribution in [-0.2, 0) is 9.53 Å². The highest BCUT2D eigenvalue weighted by molar-refractivity contribution is 5.66. The summed E-state index contributed by atoms with van der Waals surface area (Å²) in [6.45, 7) is 7.52. The fraction of sp³-hybridized carbons (Fsp3) is 0.500. The standard InChI is InChI=1S/C14H22O2/c1-4-6-8-9-11-14(10-7-5-2)12-16-13(3)15/h4-5,7,11H,1,6,8-10,12H2,2-3H3/b7-5+,14-11+. The van der Waals surface area contributed by atoms with Gasteiger partial charge in [-0.25, -0.2) is 0 Å². The summed E-state index contributed by atoms with van der Waals surface area (Å²) in [7, 11) is 0. The first-order valence-electron chi connectivity index (χ1n) is 5.74. The molecule has 0 aliphatic rings. The minimum Gasteiger partial charge on any atom is -0.461 e. The van der Waals surface area contributed by atoms with Gasteiger partial charge in [0.1, 0.15) is 6.61 Å². The predicted octanol–water partition coefficient (Wildman–Crippen LogP) is 3.80. The van der Waals surface area contributed by atoms with Crippen LogP contribution in [0.1, 0.15) is 39.5 Å². The molecule has 0 rings (SSSR count). The molecule has 0 aliphatic heterocycles. The van der Waals surface area contributed by atoms with Gasteiger partial charge in [0, 0.05) is 6.92 Å². The quantitative estimate of drug-likeness (QED) is 0.355. The van der Waals surface area contributed by atoms with Gasteiger partial charge in [0.05, 0.1) is 0 Å². The summed E-state index contributed by atoms with van der Waals surface area (Å²) in [6, 6.07) is 0. The lowest BCUT2D eigenvalue weighted by Crippen LogP contribution is -2.03. The van der Waals surface area contributed by atoms with E-state index in [4.69, 9.17) is 4.74 Å². The van der Waals surface area contributed by atoms with Gasteiger partial charge in [-0.1, -0.05) is 24.3 Å². The van der Waals surface area contributed by atoms with Crippen molar-refractivity contribution in [3.63, 3.8) is 0 Å². The summed E-state index contributed by atoms with van der Waals surface area (Å²) in [5.41, 5.74) is 1.16. The van der Waals surface area contributed by atoms with Crippen LogP contribution in [0.5, 0.6) is 0 Å². The third kappa shape index (κ3) is 9.25. The second-order valence-corrected chi connectivity index (χ2v) is 3.64. The van der Waals surface area contributed by atoms with Gasteiger partial charge in [0.25, 0.3) is 0 Å². The lowest BCUT2D eigenvalue weighted by molar-refractivity contribution is -0.140. The first kappa shape index (κ1) is 14.7. The number of allylic oxidation sites excluding steroid dienone is 4. The Balaban J connectivity index is 4.06. The molecule has 2 nitrogen and oxygen atoms in total. The molecule has 90 valence electrons. The summed E-state index contributed by atoms with van der Waals surface area (Å²) >= 11 is 0. The summed E-state index contributed by atoms with van der Waals surface area (Å²) in [4.78, 5) is 10.7. The van der Waals surface area contributed by atoms with Crippen molar-refractivity contribution in [1.29, 1.82) is 0 Å². The minimum atomic E-state index is -0.225. The predicted molar refractivity (Wildman–Crippen MR) is 68.2 cm³/mol. The maximum Gasteiger partial charge on any atom is 0.302 e. The van der Waals surface area contributed by atoms with Gasteiger partial charge in [-0.3, -0.25) is 4.79 Å². The van der Waals surface area contributed by atoms with E-state index in [0.717, 1.165) is 31.3 Å². The van der Waals surface area contributed by atoms with E-state index in [2.05, 4.69) is 18.7 Å². The van der Waals surface area contributed by atoms with Crippen LogP contribution in [0.3, 0.4) is 0 Å². The number of carbonyl (C=O) groups excluding carboxylic acids is 1. The van der Waals surface area contributed by atoms with E-state index in [0.29, 0.717) is 6.61 Å². The van der Waals surface area contributed by atoms with Crippen LogP contribution < -0.4 is 0 Å². The van der Waals surface area contributed by atoms with Gasteiger partial charge < -0.3 is 4.74 Å². The Morgan fingerprint density at radius 2 is 2.12 bits per heavy atom. The highest BCUT2D eigenvalue weighted by Crippen LogP contribution is 2.08. The van der Waals surface area contributed by atoms with Gasteiger partial charge in [-0.05, 0) is 38.2 Å². The summed E-state index contributed by atoms with van der Waals surface area (Å²) in [5.74, 6) is -0.225. The number of carbonyl (C=O) groups is 1. The molecule has 0 aromatic rings. The molecule has 0 saturated heterocycles. The molecule has 0 amide bonds. The Morgan fingerprint density at radius 1 is 1.38 bits per heavy atom. The van der Waals surface area contributed by atoms with Crippen LogP contribution in [0.15, 0.2) is 36.5 Å². The third-order valence-corrected chi connectivity index (χ3v) is 2.12. The lowest BCUT2D eigenvalue weighted by atomic mass is 10.1. The second-order valence-electron chi connectivity index (χ2n) is 3.64. The van der Waals surface area contributed by atoms with Gasteiger partial charge in [0.2, 0.25) is 0 Å². The molecule has 0 spiro atoms. The zero-order valence-electron chi connectivity index (χ0n) is 10.4. The Morgan fingerprint density at radius 3 is 2.69 bits per heavy atom. The highest BCUT2D eigenvalue weighted by atomic mass is 16.5. The summed E-state index contributed by atoms with van der Waals surface area (Å²) in [6.07, 6.45) is 12.2. The monoisotopic (exact) mass is 222 g/mol. The van der Waals surface area contributed by atoms with Crippen molar-refractivity contribution in [2.24, 2.45) is 0 Å². The molecule has 0 N–H and O–H groups in total. The van der Waals surface area contributed by atoms with Crippen LogP contribution in [0.2, 0.25) is 0 Å². The van der Waals surface area contributed by atoms with Crippen molar-refractivity contribution in [3.05, 3.63) is 36.5 Å². The molecule has 0 bridgehead atoms. The van der Waals surface area contributed by atoms with Crippen LogP contribution in [-0.4, -0.2) is 12.6 Å². The van der Waals surface area contributed by atoms with Crippen molar-refractivity contribution in [2.45, 2.75) is 39.5 Å². The molecule has 0 unspecified atom stereocenters. The first-order chi connectivity index (χ1) is 7.70. The number of ether oxygens (including phenoxy) is 1. The first-order valence-corrected chi connectivity index (χ1v) is 5.74. The lowest BCUT2D eigenvalue weighted by Gasteiger charge is -2.05. The van der Waals surface area contributed by atoms with Crippen LogP contribution >= 0.6 is 0 Å². The molecule has 0 atom stereocenters. The highest BCUT2D eigenvalue weighted by Gasteiger charge is 1.98. The minimum absolute atomic E-state index is 0.225. The largest absolute Gasteiger partial charge is 0.461 e. The Labute approximate surface area is 98.7 Å². The van der Waals surface area contributed by atoms with Crippen LogP contribution in [0.4, 0.5) is 0 Å². The molecule has 16 heavy (non-hydrogen) atoms. The fourth-order valence-corrected chi connectivity index (χ4v) is 1.23. The van der Waals surface area contributed by atoms with Gasteiger partial charge >= 0.3 is 5.97 Å². The zero-order chi connectivity index (χ0) is 12.2. The van der Waals surface area contributed by atoms with E-state index in [1.54, 1.807) is 0 Å². The van der Waals surface area contributed by atoms with Crippen LogP contribution in [0.25, 0.3) is 0 Å².